The predicted octanol–water partition coefficient (Wildman–Crippen LogP) is 5.79. The maximum atomic E-state index is 5.85. The third-order valence-corrected chi connectivity index (χ3v) is 4.01. The first-order valence-corrected chi connectivity index (χ1v) is 7.22. The van der Waals surface area contributed by atoms with Crippen LogP contribution in [0.1, 0.15) is 37.2 Å². The summed E-state index contributed by atoms with van der Waals surface area (Å²) in [6.07, 6.45) is 5.40. The third-order valence-electron chi connectivity index (χ3n) is 3.76. The summed E-state index contributed by atoms with van der Waals surface area (Å²) in [5.41, 5.74) is 1.45. The third kappa shape index (κ3) is 3.10. The number of ether oxygens (including phenoxy) is 1. The monoisotopic (exact) mass is 272 g/mol. The molecule has 0 atom stereocenters. The zero-order valence-corrected chi connectivity index (χ0v) is 11.6. The van der Waals surface area contributed by atoms with E-state index in [9.17, 15) is 0 Å². The molecule has 1 saturated carbocycles. The summed E-state index contributed by atoms with van der Waals surface area (Å²) in [5, 5.41) is 0.726. The molecule has 2 aromatic carbocycles. The molecule has 0 heterocycles. The minimum atomic E-state index is 0.726. The largest absolute Gasteiger partial charge is 0.457 e. The molecule has 0 aromatic heterocycles. The van der Waals surface area contributed by atoms with E-state index in [0.29, 0.717) is 0 Å². The first-order chi connectivity index (χ1) is 9.31. The Labute approximate surface area is 119 Å². The molecule has 1 fully saturated rings. The molecule has 1 aliphatic carbocycles. The highest BCUT2D eigenvalue weighted by atomic mass is 35.5. The molecule has 1 nitrogen and oxygen atoms in total. The van der Waals surface area contributed by atoms with Gasteiger partial charge in [0.2, 0.25) is 0 Å². The van der Waals surface area contributed by atoms with Crippen LogP contribution in [-0.4, -0.2) is 0 Å². The van der Waals surface area contributed by atoms with Gasteiger partial charge in [-0.2, -0.15) is 0 Å². The van der Waals surface area contributed by atoms with Gasteiger partial charge in [0.25, 0.3) is 0 Å². The van der Waals surface area contributed by atoms with Crippen molar-refractivity contribution in [1.29, 1.82) is 0 Å². The zero-order valence-electron chi connectivity index (χ0n) is 10.8. The molecule has 2 aromatic rings. The summed E-state index contributed by atoms with van der Waals surface area (Å²) in [6, 6.07) is 15.9. The Morgan fingerprint density at radius 3 is 1.89 bits per heavy atom. The summed E-state index contributed by atoms with van der Waals surface area (Å²) in [7, 11) is 0. The van der Waals surface area contributed by atoms with E-state index in [0.717, 1.165) is 22.4 Å². The van der Waals surface area contributed by atoms with Crippen LogP contribution in [0, 0.1) is 0 Å². The van der Waals surface area contributed by atoms with Gasteiger partial charge in [0.05, 0.1) is 0 Å². The minimum absolute atomic E-state index is 0.726. The van der Waals surface area contributed by atoms with E-state index in [1.165, 1.54) is 31.2 Å². The SMILES string of the molecule is Clc1ccc(Oc2ccc(C3CCCC3)cc2)cc1. The molecule has 98 valence electrons. The van der Waals surface area contributed by atoms with Gasteiger partial charge in [0, 0.05) is 5.02 Å². The fourth-order valence-corrected chi connectivity index (χ4v) is 2.83. The van der Waals surface area contributed by atoms with Crippen molar-refractivity contribution in [2.75, 3.05) is 0 Å². The first kappa shape index (κ1) is 12.6. The van der Waals surface area contributed by atoms with Gasteiger partial charge in [-0.1, -0.05) is 36.6 Å². The van der Waals surface area contributed by atoms with Gasteiger partial charge in [-0.3, -0.25) is 0 Å². The molecule has 0 amide bonds. The van der Waals surface area contributed by atoms with Crippen LogP contribution in [0.15, 0.2) is 48.5 Å². The van der Waals surface area contributed by atoms with Crippen molar-refractivity contribution in [3.05, 3.63) is 59.1 Å². The predicted molar refractivity (Wildman–Crippen MR) is 79.2 cm³/mol. The lowest BCUT2D eigenvalue weighted by Crippen LogP contribution is -1.92. The maximum Gasteiger partial charge on any atom is 0.127 e. The fraction of sp³-hybridized carbons (Fsp3) is 0.294. The van der Waals surface area contributed by atoms with Gasteiger partial charge in [-0.15, -0.1) is 0 Å². The number of rotatable bonds is 3. The van der Waals surface area contributed by atoms with Crippen molar-refractivity contribution in [2.45, 2.75) is 31.6 Å². The Bertz CT molecular complexity index is 524. The fourth-order valence-electron chi connectivity index (χ4n) is 2.71. The summed E-state index contributed by atoms with van der Waals surface area (Å²) in [5.74, 6) is 2.45. The molecule has 0 saturated heterocycles. The van der Waals surface area contributed by atoms with E-state index >= 15 is 0 Å². The summed E-state index contributed by atoms with van der Waals surface area (Å²) < 4.78 is 5.79. The summed E-state index contributed by atoms with van der Waals surface area (Å²) in [4.78, 5) is 0. The van der Waals surface area contributed by atoms with Crippen LogP contribution in [0.25, 0.3) is 0 Å². The highest BCUT2D eigenvalue weighted by Gasteiger charge is 2.16. The molecule has 0 aliphatic heterocycles. The van der Waals surface area contributed by atoms with Crippen molar-refractivity contribution < 1.29 is 4.74 Å². The van der Waals surface area contributed by atoms with E-state index in [-0.39, 0.29) is 0 Å². The average Bonchev–Trinajstić information content (AvgIpc) is 2.96. The van der Waals surface area contributed by atoms with Gasteiger partial charge < -0.3 is 4.74 Å². The van der Waals surface area contributed by atoms with Gasteiger partial charge in [0.15, 0.2) is 0 Å². The van der Waals surface area contributed by atoms with Crippen LogP contribution in [0.4, 0.5) is 0 Å². The van der Waals surface area contributed by atoms with Crippen molar-refractivity contribution in [1.82, 2.24) is 0 Å². The first-order valence-electron chi connectivity index (χ1n) is 6.85. The van der Waals surface area contributed by atoms with Gasteiger partial charge >= 0.3 is 0 Å². The van der Waals surface area contributed by atoms with Crippen LogP contribution < -0.4 is 4.74 Å². The summed E-state index contributed by atoms with van der Waals surface area (Å²) >= 11 is 5.85. The Morgan fingerprint density at radius 1 is 0.789 bits per heavy atom. The van der Waals surface area contributed by atoms with Crippen molar-refractivity contribution >= 4 is 11.6 Å². The molecule has 1 aliphatic rings. The second-order valence-corrected chi connectivity index (χ2v) is 5.54. The second-order valence-electron chi connectivity index (χ2n) is 5.11. The van der Waals surface area contributed by atoms with Gasteiger partial charge in [-0.05, 0) is 60.7 Å². The number of hydrogen-bond acceptors (Lipinski definition) is 1. The Kier molecular flexibility index (Phi) is 3.74. The molecule has 0 unspecified atom stereocenters. The molecular weight excluding hydrogens is 256 g/mol. The number of benzene rings is 2. The number of hydrogen-bond donors (Lipinski definition) is 0. The molecule has 3 rings (SSSR count). The Hall–Kier alpha value is -1.47. The molecule has 0 bridgehead atoms. The van der Waals surface area contributed by atoms with E-state index in [1.54, 1.807) is 0 Å². The lowest BCUT2D eigenvalue weighted by Gasteiger charge is -2.11. The van der Waals surface area contributed by atoms with E-state index in [4.69, 9.17) is 16.3 Å². The minimum Gasteiger partial charge on any atom is -0.457 e. The molecule has 2 heteroatoms. The van der Waals surface area contributed by atoms with E-state index in [2.05, 4.69) is 24.3 Å². The molecule has 19 heavy (non-hydrogen) atoms. The molecule has 0 radical (unpaired) electrons. The molecular formula is C17H17ClO. The molecule has 0 spiro atoms. The maximum absolute atomic E-state index is 5.85. The van der Waals surface area contributed by atoms with Gasteiger partial charge in [0.1, 0.15) is 11.5 Å². The van der Waals surface area contributed by atoms with Crippen LogP contribution in [0.2, 0.25) is 5.02 Å². The molecule has 0 N–H and O–H groups in total. The van der Waals surface area contributed by atoms with Crippen LogP contribution in [-0.2, 0) is 0 Å². The normalized spacial score (nSPS) is 15.6. The topological polar surface area (TPSA) is 9.23 Å². The zero-order chi connectivity index (χ0) is 13.1. The highest BCUT2D eigenvalue weighted by Crippen LogP contribution is 2.35. The van der Waals surface area contributed by atoms with E-state index < -0.39 is 0 Å². The van der Waals surface area contributed by atoms with Crippen molar-refractivity contribution in [2.24, 2.45) is 0 Å². The van der Waals surface area contributed by atoms with Crippen molar-refractivity contribution in [3.63, 3.8) is 0 Å². The van der Waals surface area contributed by atoms with Crippen LogP contribution >= 0.6 is 11.6 Å². The van der Waals surface area contributed by atoms with E-state index in [1.807, 2.05) is 24.3 Å². The van der Waals surface area contributed by atoms with Crippen LogP contribution in [0.3, 0.4) is 0 Å². The standard InChI is InChI=1S/C17H17ClO/c18-15-7-11-17(12-8-15)19-16-9-5-14(6-10-16)13-3-1-2-4-13/h5-13H,1-4H2. The summed E-state index contributed by atoms with van der Waals surface area (Å²) in [6.45, 7) is 0. The lowest BCUT2D eigenvalue weighted by atomic mass is 9.98. The smallest absolute Gasteiger partial charge is 0.127 e. The lowest BCUT2D eigenvalue weighted by molar-refractivity contribution is 0.482. The average molecular weight is 273 g/mol. The Morgan fingerprint density at radius 2 is 1.32 bits per heavy atom. The number of halogens is 1. The quantitative estimate of drug-likeness (QED) is 0.687. The second kappa shape index (κ2) is 5.66. The highest BCUT2D eigenvalue weighted by molar-refractivity contribution is 6.30. The van der Waals surface area contributed by atoms with Crippen molar-refractivity contribution in [3.8, 4) is 11.5 Å². The Balaban J connectivity index is 1.70. The van der Waals surface area contributed by atoms with Crippen LogP contribution in [0.5, 0.6) is 11.5 Å². The van der Waals surface area contributed by atoms with Gasteiger partial charge in [-0.25, -0.2) is 0 Å².